The van der Waals surface area contributed by atoms with Crippen molar-refractivity contribution in [3.8, 4) is 23.5 Å². The van der Waals surface area contributed by atoms with E-state index in [2.05, 4.69) is 511 Å². The van der Waals surface area contributed by atoms with Gasteiger partial charge in [0.2, 0.25) is 6.71 Å². The molecule has 18 aromatic rings. The molecule has 2 atom stereocenters. The molecule has 0 bridgehead atoms. The first-order chi connectivity index (χ1) is 70.6. The Bertz CT molecular complexity index is 8720. The van der Waals surface area contributed by atoms with Gasteiger partial charge >= 0.3 is 0 Å². The SMILES string of the molecule is C#Cc1cc2c3c(c1)N1c4ccccc4-c4cccc5sc(c1c45)B3c1ccccc1N2c1ccc(C(C)(C)C)cc1.CC(C)(C)c1ccc(N2C3=C(B4c5ccc(N6c7ccccc7C7(C)CCCCC67C)cc5N(c5ccc(C(C)(C)C)cc5)c5cccc2c54)C(C)(C)c2ccccc23)cc1.Cc1cc2c3c(c1)N1c4ccccc4C(C)(C)c4cccc5sc(c1c45)B3c1ccccc1N2c1ccc(C(C)(C)C)cc1. The van der Waals surface area contributed by atoms with Crippen LogP contribution >= 0.6 is 22.7 Å². The number of benzene rings is 16. The molecule has 0 N–H and O–H groups in total. The average molecular weight is 1940 g/mol. The Morgan fingerprint density at radius 3 is 1.24 bits per heavy atom. The summed E-state index contributed by atoms with van der Waals surface area (Å²) in [5.74, 6) is 3.00. The number of hydrogen-bond donors (Lipinski definition) is 0. The van der Waals surface area contributed by atoms with E-state index in [4.69, 9.17) is 6.42 Å². The number of allylic oxidation sites excluding steroid dienone is 1. The van der Waals surface area contributed by atoms with Crippen LogP contribution in [-0.4, -0.2) is 25.7 Å². The quantitative estimate of drug-likeness (QED) is 0.125. The largest absolute Gasteiger partial charge is 0.334 e. The summed E-state index contributed by atoms with van der Waals surface area (Å²) in [7, 11) is 0. The van der Waals surface area contributed by atoms with Crippen LogP contribution in [0.15, 0.2) is 345 Å². The van der Waals surface area contributed by atoms with E-state index in [0.717, 1.165) is 11.3 Å². The third kappa shape index (κ3) is 13.1. The minimum atomic E-state index is -0.206. The Labute approximate surface area is 877 Å². The number of aryl methyl sites for hydroxylation is 1. The summed E-state index contributed by atoms with van der Waals surface area (Å²) >= 11 is 3.93. The molecule has 29 rings (SSSR count). The fourth-order valence-electron chi connectivity index (χ4n) is 27.9. The molecule has 11 aliphatic rings. The average Bonchev–Trinajstić information content (AvgIpc) is 1.58. The molecule has 0 spiro atoms. The summed E-state index contributed by atoms with van der Waals surface area (Å²) in [6, 6.07) is 129. The first-order valence-electron chi connectivity index (χ1n) is 53.1. The standard InChI is InChI=1S/C57H60BN3.C40H35BN2S.C38H27BN2S/c1-53(2,3)37-24-28-39(29-25-37)59-47-22-17-23-48-50(47)58(45-33-32-41(36-49(45)59)61-46-21-14-13-20-44(46)56(9)34-15-16-35-57(56,61)10)52-51(42-18-11-12-19-43(42)55(52,7)8)60(48)40-30-26-38(27-31-40)54(4,5)6;1-24-22-32-36-33(23-24)43-30-15-9-7-12-27(30)40(5,6)28-13-11-17-34-35(28)37(43)38(44-34)41(36)29-14-8-10-16-31(29)42(32)26-20-18-25(19-21-26)39(2,3)4;1-5-23-21-31-35-32(22-23)41-29-14-8-6-11-26(29)27-12-10-16-33-34(27)36(41)37(42-33)39(35)28-13-7-9-15-30(28)40(31)25-19-17-24(18-20-25)38(2,3)4/h11-14,17-33,36H,15-16,34-35H2,1-10H3;7-23H,1-6H3;1,6-22H,2-4H3. The zero-order valence-electron chi connectivity index (χ0n) is 87.9. The minimum Gasteiger partial charge on any atom is -0.334 e. The first kappa shape index (κ1) is 91.2. The Hall–Kier alpha value is -14.5. The Balaban J connectivity index is 0.000000112. The topological polar surface area (TPSA) is 22.7 Å². The third-order valence-electron chi connectivity index (χ3n) is 35.4. The molecular formula is C135H122B3N7S2. The number of anilines is 19. The molecule has 2 aliphatic carbocycles. The summed E-state index contributed by atoms with van der Waals surface area (Å²) in [4.78, 5) is 18.0. The highest BCUT2D eigenvalue weighted by molar-refractivity contribution is 7.34. The van der Waals surface area contributed by atoms with Crippen LogP contribution in [0.3, 0.4) is 0 Å². The molecular weight excluding hydrogens is 1820 g/mol. The summed E-state index contributed by atoms with van der Waals surface area (Å²) < 4.78 is 5.57. The van der Waals surface area contributed by atoms with Gasteiger partial charge in [-0.1, -0.05) is 342 Å². The second-order valence-electron chi connectivity index (χ2n) is 48.6. The molecule has 2 unspecified atom stereocenters. The van der Waals surface area contributed by atoms with Gasteiger partial charge in [0.15, 0.2) is 0 Å². The molecule has 9 aliphatic heterocycles. The van der Waals surface area contributed by atoms with E-state index >= 15 is 0 Å². The molecule has 1 saturated carbocycles. The lowest BCUT2D eigenvalue weighted by atomic mass is 9.30. The highest BCUT2D eigenvalue weighted by Crippen LogP contribution is 2.65. The van der Waals surface area contributed by atoms with Gasteiger partial charge in [-0.3, -0.25) is 0 Å². The van der Waals surface area contributed by atoms with Crippen molar-refractivity contribution in [1.82, 2.24) is 0 Å². The van der Waals surface area contributed by atoms with Crippen molar-refractivity contribution in [1.29, 1.82) is 0 Å². The summed E-state index contributed by atoms with van der Waals surface area (Å²) in [6.45, 7) is 45.0. The maximum atomic E-state index is 6.18. The molecule has 16 aromatic carbocycles. The van der Waals surface area contributed by atoms with E-state index < -0.39 is 0 Å². The predicted molar refractivity (Wildman–Crippen MR) is 634 cm³/mol. The Morgan fingerprint density at radius 2 is 0.687 bits per heavy atom. The van der Waals surface area contributed by atoms with Crippen LogP contribution in [0.1, 0.15) is 212 Å². The number of terminal acetylenes is 1. The number of hydrogen-bond acceptors (Lipinski definition) is 9. The monoisotopic (exact) mass is 1940 g/mol. The highest BCUT2D eigenvalue weighted by atomic mass is 32.1. The van der Waals surface area contributed by atoms with Gasteiger partial charge in [0.1, 0.15) is 0 Å². The van der Waals surface area contributed by atoms with Crippen molar-refractivity contribution < 1.29 is 0 Å². The molecule has 1 fully saturated rings. The summed E-state index contributed by atoms with van der Waals surface area (Å²) in [5.41, 5.74) is 52.1. The predicted octanol–water partition coefficient (Wildman–Crippen LogP) is 31.3. The zero-order valence-corrected chi connectivity index (χ0v) is 89.5. The van der Waals surface area contributed by atoms with Crippen molar-refractivity contribution in [2.24, 2.45) is 0 Å². The van der Waals surface area contributed by atoms with Gasteiger partial charge in [0.25, 0.3) is 13.4 Å². The first-order valence-corrected chi connectivity index (χ1v) is 54.8. The number of rotatable bonds is 5. The van der Waals surface area contributed by atoms with Crippen molar-refractivity contribution >= 4 is 219 Å². The fourth-order valence-corrected chi connectivity index (χ4v) is 30.6. The van der Waals surface area contributed by atoms with E-state index in [1.807, 2.05) is 22.7 Å². The smallest absolute Gasteiger partial charge is 0.264 e. The summed E-state index contributed by atoms with van der Waals surface area (Å²) in [6.07, 6.45) is 11.1. The van der Waals surface area contributed by atoms with Crippen LogP contribution in [-0.2, 0) is 37.9 Å². The van der Waals surface area contributed by atoms with Crippen LogP contribution < -0.4 is 76.6 Å². The van der Waals surface area contributed by atoms with E-state index in [9.17, 15) is 0 Å². The Morgan fingerprint density at radius 1 is 0.299 bits per heavy atom. The highest BCUT2D eigenvalue weighted by Gasteiger charge is 2.60. The third-order valence-corrected chi connectivity index (χ3v) is 37.8. The molecule has 12 heteroatoms. The van der Waals surface area contributed by atoms with E-state index in [-0.39, 0.29) is 63.6 Å². The van der Waals surface area contributed by atoms with Crippen molar-refractivity contribution in [3.05, 3.63) is 406 Å². The van der Waals surface area contributed by atoms with Crippen molar-refractivity contribution in [2.75, 3.05) is 34.3 Å². The van der Waals surface area contributed by atoms with E-state index in [1.165, 1.54) is 268 Å². The minimum absolute atomic E-state index is 0.0270. The van der Waals surface area contributed by atoms with Crippen LogP contribution in [0.25, 0.3) is 37.0 Å². The van der Waals surface area contributed by atoms with E-state index in [0.29, 0.717) is 0 Å². The van der Waals surface area contributed by atoms with Gasteiger partial charge in [-0.05, 0) is 276 Å². The van der Waals surface area contributed by atoms with Gasteiger partial charge in [0, 0.05) is 154 Å². The number of para-hydroxylation sites is 5. The van der Waals surface area contributed by atoms with Gasteiger partial charge in [0.05, 0.1) is 28.3 Å². The number of fused-ring (bicyclic) bond motifs is 21. The lowest BCUT2D eigenvalue weighted by molar-refractivity contribution is 0.195. The molecule has 7 nitrogen and oxygen atoms in total. The molecule has 2 aromatic heterocycles. The number of thiophene rings is 2. The van der Waals surface area contributed by atoms with Crippen LogP contribution in [0.5, 0.6) is 0 Å². The molecule has 0 amide bonds. The maximum Gasteiger partial charge on any atom is 0.264 e. The molecule has 11 heterocycles. The summed E-state index contributed by atoms with van der Waals surface area (Å²) in [5, 5.41) is 2.77. The lowest BCUT2D eigenvalue weighted by Gasteiger charge is -2.51. The van der Waals surface area contributed by atoms with Crippen molar-refractivity contribution in [2.45, 2.75) is 201 Å². The zero-order chi connectivity index (χ0) is 101. The molecule has 147 heavy (non-hydrogen) atoms. The lowest BCUT2D eigenvalue weighted by Crippen LogP contribution is -2.60. The van der Waals surface area contributed by atoms with Gasteiger partial charge in [-0.25, -0.2) is 0 Å². The maximum absolute atomic E-state index is 6.18. The molecule has 0 radical (unpaired) electrons. The van der Waals surface area contributed by atoms with E-state index in [1.54, 1.807) is 0 Å². The van der Waals surface area contributed by atoms with Gasteiger partial charge in [-0.15, -0.1) is 29.1 Å². The van der Waals surface area contributed by atoms with Crippen LogP contribution in [0.2, 0.25) is 0 Å². The molecule has 0 saturated heterocycles. The molecule has 718 valence electrons. The van der Waals surface area contributed by atoms with Crippen molar-refractivity contribution in [3.63, 3.8) is 0 Å². The normalized spacial score (nSPS) is 17.8. The Kier molecular flexibility index (Phi) is 19.9. The fraction of sp³-hybridized carbons (Fsp3) is 0.230. The number of nitrogens with zero attached hydrogens (tertiary/aromatic N) is 7. The second-order valence-corrected chi connectivity index (χ2v) is 50.8. The van der Waals surface area contributed by atoms with Crippen LogP contribution in [0, 0.1) is 19.3 Å². The second kappa shape index (κ2) is 32.0. The van der Waals surface area contributed by atoms with Crippen LogP contribution in [0.4, 0.5) is 108 Å². The van der Waals surface area contributed by atoms with Gasteiger partial charge in [-0.2, -0.15) is 0 Å². The van der Waals surface area contributed by atoms with Gasteiger partial charge < -0.3 is 34.3 Å².